The van der Waals surface area contributed by atoms with E-state index in [1.807, 2.05) is 60.7 Å². The van der Waals surface area contributed by atoms with Crippen molar-refractivity contribution in [1.29, 1.82) is 5.41 Å². The van der Waals surface area contributed by atoms with Crippen LogP contribution in [0.25, 0.3) is 0 Å². The van der Waals surface area contributed by atoms with Crippen LogP contribution in [0.4, 0.5) is 11.4 Å². The Kier molecular flexibility index (Phi) is 11.4. The molecule has 0 saturated carbocycles. The van der Waals surface area contributed by atoms with E-state index in [9.17, 15) is 19.5 Å². The molecule has 0 bridgehead atoms. The number of ether oxygens (including phenoxy) is 2. The zero-order valence-corrected chi connectivity index (χ0v) is 27.3. The number of carbonyl (C=O) groups excluding carboxylic acids is 2. The normalized spacial score (nSPS) is 11.1. The average molecular weight is 672 g/mol. The first-order chi connectivity index (χ1) is 24.2. The van der Waals surface area contributed by atoms with Crippen molar-refractivity contribution < 1.29 is 29.0 Å². The summed E-state index contributed by atoms with van der Waals surface area (Å²) in [7, 11) is 1.46. The van der Waals surface area contributed by atoms with Crippen LogP contribution in [0.15, 0.2) is 127 Å². The Labute approximate surface area is 289 Å². The minimum atomic E-state index is -1.26. The molecular formula is C39H37N5O6. The van der Waals surface area contributed by atoms with E-state index in [2.05, 4.69) is 10.6 Å². The van der Waals surface area contributed by atoms with Crippen molar-refractivity contribution >= 4 is 35.0 Å². The molecule has 1 atom stereocenters. The highest BCUT2D eigenvalue weighted by molar-refractivity contribution is 6.09. The van der Waals surface area contributed by atoms with Gasteiger partial charge in [0.2, 0.25) is 5.91 Å². The predicted molar refractivity (Wildman–Crippen MR) is 192 cm³/mol. The third kappa shape index (κ3) is 8.84. The molecule has 5 rings (SSSR count). The van der Waals surface area contributed by atoms with Crippen molar-refractivity contribution in [3.63, 3.8) is 0 Å². The number of carboxylic acid groups (broad SMARTS) is 1. The van der Waals surface area contributed by atoms with Gasteiger partial charge in [-0.25, -0.2) is 0 Å². The van der Waals surface area contributed by atoms with Gasteiger partial charge in [-0.1, -0.05) is 78.9 Å². The van der Waals surface area contributed by atoms with E-state index >= 15 is 0 Å². The summed E-state index contributed by atoms with van der Waals surface area (Å²) in [6.45, 7) is -0.353. The van der Waals surface area contributed by atoms with Crippen LogP contribution >= 0.6 is 0 Å². The first-order valence-corrected chi connectivity index (χ1v) is 15.7. The SMILES string of the molecule is COc1cc(C(Nc2ccc(C(=N)N)cc2)C(=O)NCc2ccccc2)c(N(CC(=O)O)C(=O)c2ccccc2)cc1OCc1ccccc1. The van der Waals surface area contributed by atoms with Crippen molar-refractivity contribution in [2.24, 2.45) is 5.73 Å². The third-order valence-corrected chi connectivity index (χ3v) is 7.79. The predicted octanol–water partition coefficient (Wildman–Crippen LogP) is 5.76. The topological polar surface area (TPSA) is 167 Å². The molecule has 0 aliphatic rings. The van der Waals surface area contributed by atoms with Gasteiger partial charge in [0.1, 0.15) is 25.0 Å². The van der Waals surface area contributed by atoms with Gasteiger partial charge in [-0.15, -0.1) is 0 Å². The first-order valence-electron chi connectivity index (χ1n) is 15.7. The molecule has 0 aliphatic carbocycles. The Hall–Kier alpha value is -6.62. The van der Waals surface area contributed by atoms with Crippen LogP contribution in [0, 0.1) is 5.41 Å². The highest BCUT2D eigenvalue weighted by Crippen LogP contribution is 2.40. The maximum Gasteiger partial charge on any atom is 0.323 e. The molecule has 6 N–H and O–H groups in total. The molecule has 5 aromatic rings. The number of hydrogen-bond donors (Lipinski definition) is 5. The van der Waals surface area contributed by atoms with E-state index in [1.165, 1.54) is 13.2 Å². The van der Waals surface area contributed by atoms with Gasteiger partial charge in [0.15, 0.2) is 11.5 Å². The van der Waals surface area contributed by atoms with Crippen LogP contribution in [0.1, 0.15) is 38.7 Å². The summed E-state index contributed by atoms with van der Waals surface area (Å²) in [6, 6.07) is 35.7. The van der Waals surface area contributed by atoms with E-state index in [4.69, 9.17) is 20.6 Å². The summed E-state index contributed by atoms with van der Waals surface area (Å²) in [4.78, 5) is 41.7. The number of aliphatic carboxylic acids is 1. The van der Waals surface area contributed by atoms with Crippen LogP contribution in [0.2, 0.25) is 0 Å². The number of nitrogens with one attached hydrogen (secondary N) is 3. The van der Waals surface area contributed by atoms with Gasteiger partial charge >= 0.3 is 5.97 Å². The fourth-order valence-electron chi connectivity index (χ4n) is 5.26. The maximum atomic E-state index is 14.2. The summed E-state index contributed by atoms with van der Waals surface area (Å²) in [5.74, 6) is -1.94. The molecule has 0 aromatic heterocycles. The molecule has 50 heavy (non-hydrogen) atoms. The second kappa shape index (κ2) is 16.5. The van der Waals surface area contributed by atoms with Gasteiger partial charge in [0, 0.05) is 35.0 Å². The van der Waals surface area contributed by atoms with E-state index in [-0.39, 0.29) is 47.3 Å². The molecule has 11 heteroatoms. The van der Waals surface area contributed by atoms with Gasteiger partial charge < -0.3 is 30.9 Å². The molecule has 0 saturated heterocycles. The number of methoxy groups -OCH3 is 1. The minimum Gasteiger partial charge on any atom is -0.493 e. The summed E-state index contributed by atoms with van der Waals surface area (Å²) >= 11 is 0. The fourth-order valence-corrected chi connectivity index (χ4v) is 5.26. The summed E-state index contributed by atoms with van der Waals surface area (Å²) in [6.07, 6.45) is 0. The van der Waals surface area contributed by atoms with Crippen LogP contribution < -0.4 is 30.7 Å². The van der Waals surface area contributed by atoms with Crippen molar-refractivity contribution in [3.8, 4) is 11.5 Å². The van der Waals surface area contributed by atoms with E-state index < -0.39 is 30.4 Å². The Morgan fingerprint density at radius 2 is 1.40 bits per heavy atom. The van der Waals surface area contributed by atoms with Crippen molar-refractivity contribution in [3.05, 3.63) is 155 Å². The molecule has 0 heterocycles. The summed E-state index contributed by atoms with van der Waals surface area (Å²) in [5, 5.41) is 24.0. The Morgan fingerprint density at radius 1 is 0.800 bits per heavy atom. The number of hydrogen-bond acceptors (Lipinski definition) is 7. The standard InChI is InChI=1S/C39H37N5O6/c1-49-33-21-31(36(38(47)42-23-26-11-5-2-6-12-26)43-30-19-17-28(18-20-30)37(40)41)32(22-34(33)50-25-27-13-7-3-8-14-27)44(24-35(45)46)39(48)29-15-9-4-10-16-29/h2-22,36,43H,23-25H2,1H3,(H3,40,41)(H,42,47)(H,45,46). The van der Waals surface area contributed by atoms with Crippen LogP contribution in [-0.2, 0) is 22.7 Å². The summed E-state index contributed by atoms with van der Waals surface area (Å²) < 4.78 is 11.9. The maximum absolute atomic E-state index is 14.2. The van der Waals surface area contributed by atoms with Gasteiger partial charge in [-0.3, -0.25) is 24.7 Å². The fraction of sp³-hybridized carbons (Fsp3) is 0.128. The highest BCUT2D eigenvalue weighted by Gasteiger charge is 2.31. The minimum absolute atomic E-state index is 0.115. The summed E-state index contributed by atoms with van der Waals surface area (Å²) in [5.41, 5.74) is 9.01. The molecule has 0 fully saturated rings. The number of benzene rings is 5. The number of amides is 2. The Balaban J connectivity index is 1.66. The van der Waals surface area contributed by atoms with Gasteiger partial charge in [-0.05, 0) is 53.6 Å². The van der Waals surface area contributed by atoms with Crippen LogP contribution in [0.5, 0.6) is 11.5 Å². The number of nitrogens with zero attached hydrogens (tertiary/aromatic N) is 1. The van der Waals surface area contributed by atoms with Crippen molar-refractivity contribution in [1.82, 2.24) is 5.32 Å². The lowest BCUT2D eigenvalue weighted by Gasteiger charge is -2.29. The molecule has 5 aromatic carbocycles. The quantitative estimate of drug-likeness (QED) is 0.0692. The number of amidine groups is 1. The molecular weight excluding hydrogens is 634 g/mol. The number of carbonyl (C=O) groups is 3. The molecule has 254 valence electrons. The van der Waals surface area contributed by atoms with E-state index in [0.29, 0.717) is 11.3 Å². The number of rotatable bonds is 15. The molecule has 0 aliphatic heterocycles. The molecule has 11 nitrogen and oxygen atoms in total. The lowest BCUT2D eigenvalue weighted by atomic mass is 9.99. The van der Waals surface area contributed by atoms with Crippen molar-refractivity contribution in [2.45, 2.75) is 19.2 Å². The molecule has 0 spiro atoms. The monoisotopic (exact) mass is 671 g/mol. The second-order valence-corrected chi connectivity index (χ2v) is 11.3. The second-order valence-electron chi connectivity index (χ2n) is 11.3. The number of anilines is 2. The lowest BCUT2D eigenvalue weighted by Crippen LogP contribution is -2.39. The number of carboxylic acids is 1. The smallest absolute Gasteiger partial charge is 0.323 e. The van der Waals surface area contributed by atoms with Gasteiger partial charge in [-0.2, -0.15) is 0 Å². The zero-order valence-electron chi connectivity index (χ0n) is 27.3. The highest BCUT2D eigenvalue weighted by atomic mass is 16.5. The zero-order chi connectivity index (χ0) is 35.5. The van der Waals surface area contributed by atoms with E-state index in [1.54, 1.807) is 60.7 Å². The van der Waals surface area contributed by atoms with E-state index in [0.717, 1.165) is 16.0 Å². The molecule has 2 amide bonds. The van der Waals surface area contributed by atoms with Gasteiger partial charge in [0.25, 0.3) is 5.91 Å². The van der Waals surface area contributed by atoms with Gasteiger partial charge in [0.05, 0.1) is 12.8 Å². The van der Waals surface area contributed by atoms with Crippen molar-refractivity contribution in [2.75, 3.05) is 23.9 Å². The largest absolute Gasteiger partial charge is 0.493 e. The number of nitrogen functional groups attached to an aromatic ring is 1. The lowest BCUT2D eigenvalue weighted by molar-refractivity contribution is -0.135. The number of nitrogens with two attached hydrogens (primary N) is 1. The Morgan fingerprint density at radius 3 is 1.98 bits per heavy atom. The van der Waals surface area contributed by atoms with Crippen LogP contribution in [0.3, 0.4) is 0 Å². The molecule has 0 radical (unpaired) electrons. The Bertz CT molecular complexity index is 1940. The first kappa shape index (κ1) is 34.7. The molecule has 1 unspecified atom stereocenters. The van der Waals surface area contributed by atoms with Crippen LogP contribution in [-0.4, -0.2) is 42.4 Å². The average Bonchev–Trinajstić information content (AvgIpc) is 3.15. The third-order valence-electron chi connectivity index (χ3n) is 7.79.